The molecule has 0 bridgehead atoms. The van der Waals surface area contributed by atoms with Crippen LogP contribution in [0.1, 0.15) is 21.5 Å². The molecule has 130 valence electrons. The number of H-pyrrole nitrogens is 1. The number of para-hydroxylation sites is 1. The Labute approximate surface area is 155 Å². The van der Waals surface area contributed by atoms with Gasteiger partial charge >= 0.3 is 0 Å². The minimum Gasteiger partial charge on any atom is -0.360 e. The van der Waals surface area contributed by atoms with Gasteiger partial charge in [-0.1, -0.05) is 35.6 Å². The molecule has 2 heterocycles. The summed E-state index contributed by atoms with van der Waals surface area (Å²) in [7, 11) is 0. The smallest absolute Gasteiger partial charge is 0.281 e. The van der Waals surface area contributed by atoms with Gasteiger partial charge in [0.15, 0.2) is 4.80 Å². The molecule has 0 saturated heterocycles. The maximum atomic E-state index is 12.8. The molecule has 0 aliphatic heterocycles. The lowest BCUT2D eigenvalue weighted by molar-refractivity contribution is 0.0999. The Balaban J connectivity index is 1.91. The second-order valence-electron chi connectivity index (χ2n) is 6.35. The molecule has 26 heavy (non-hydrogen) atoms. The van der Waals surface area contributed by atoms with Gasteiger partial charge in [0.1, 0.15) is 0 Å². The quantitative estimate of drug-likeness (QED) is 0.527. The zero-order valence-corrected chi connectivity index (χ0v) is 15.6. The summed E-state index contributed by atoms with van der Waals surface area (Å²) in [4.78, 5) is 21.1. The highest BCUT2D eigenvalue weighted by Gasteiger charge is 2.13. The second kappa shape index (κ2) is 6.42. The first-order valence-electron chi connectivity index (χ1n) is 8.45. The predicted octanol–water partition coefficient (Wildman–Crippen LogP) is 4.73. The molecule has 4 rings (SSSR count). The first-order chi connectivity index (χ1) is 12.6. The molecule has 0 saturated carbocycles. The van der Waals surface area contributed by atoms with Crippen molar-refractivity contribution < 1.29 is 4.79 Å². The van der Waals surface area contributed by atoms with Crippen LogP contribution in [0.2, 0.25) is 0 Å². The third-order valence-corrected chi connectivity index (χ3v) is 5.67. The Morgan fingerprint density at radius 1 is 1.27 bits per heavy atom. The van der Waals surface area contributed by atoms with Crippen molar-refractivity contribution in [2.45, 2.75) is 20.4 Å². The Hall–Kier alpha value is -2.92. The molecule has 2 aromatic heterocycles. The van der Waals surface area contributed by atoms with Crippen LogP contribution in [0, 0.1) is 13.8 Å². The molecule has 0 fully saturated rings. The van der Waals surface area contributed by atoms with Crippen LogP contribution in [0.25, 0.3) is 21.1 Å². The van der Waals surface area contributed by atoms with E-state index in [1.165, 1.54) is 22.5 Å². The minimum atomic E-state index is -0.236. The number of nitrogens with zero attached hydrogens (tertiary/aromatic N) is 2. The van der Waals surface area contributed by atoms with E-state index in [2.05, 4.69) is 42.5 Å². The van der Waals surface area contributed by atoms with Crippen molar-refractivity contribution in [3.05, 3.63) is 76.7 Å². The highest BCUT2D eigenvalue weighted by atomic mass is 32.1. The maximum Gasteiger partial charge on any atom is 0.281 e. The fourth-order valence-electron chi connectivity index (χ4n) is 3.11. The second-order valence-corrected chi connectivity index (χ2v) is 7.36. The number of aryl methyl sites for hydroxylation is 2. The Bertz CT molecular complexity index is 1220. The van der Waals surface area contributed by atoms with Gasteiger partial charge in [-0.3, -0.25) is 4.79 Å². The zero-order chi connectivity index (χ0) is 18.3. The van der Waals surface area contributed by atoms with Crippen molar-refractivity contribution >= 4 is 38.4 Å². The van der Waals surface area contributed by atoms with E-state index in [-0.39, 0.29) is 5.91 Å². The normalized spacial score (nSPS) is 12.2. The lowest BCUT2D eigenvalue weighted by atomic mass is 10.1. The fourth-order valence-corrected chi connectivity index (χ4v) is 4.23. The van der Waals surface area contributed by atoms with Gasteiger partial charge in [0.25, 0.3) is 5.91 Å². The summed E-state index contributed by atoms with van der Waals surface area (Å²) >= 11 is 1.54. The molecular formula is C21H19N3OS. The molecule has 5 heteroatoms. The highest BCUT2D eigenvalue weighted by Crippen LogP contribution is 2.23. The van der Waals surface area contributed by atoms with Crippen molar-refractivity contribution in [1.82, 2.24) is 9.55 Å². The van der Waals surface area contributed by atoms with E-state index in [4.69, 9.17) is 0 Å². The summed E-state index contributed by atoms with van der Waals surface area (Å²) in [6.07, 6.45) is 3.56. The van der Waals surface area contributed by atoms with Crippen LogP contribution in [0.15, 0.2) is 60.2 Å². The number of carbonyl (C=O) groups is 1. The molecule has 4 aromatic rings. The average molecular weight is 361 g/mol. The number of amides is 1. The predicted molar refractivity (Wildman–Crippen MR) is 108 cm³/mol. The summed E-state index contributed by atoms with van der Waals surface area (Å²) in [5.41, 5.74) is 5.08. The van der Waals surface area contributed by atoms with E-state index in [0.717, 1.165) is 21.1 Å². The largest absolute Gasteiger partial charge is 0.360 e. The molecule has 2 aromatic carbocycles. The van der Waals surface area contributed by atoms with Gasteiger partial charge in [-0.05, 0) is 43.2 Å². The monoisotopic (exact) mass is 361 g/mol. The van der Waals surface area contributed by atoms with Crippen LogP contribution in [-0.2, 0) is 6.54 Å². The first-order valence-corrected chi connectivity index (χ1v) is 9.27. The van der Waals surface area contributed by atoms with E-state index in [9.17, 15) is 4.79 Å². The van der Waals surface area contributed by atoms with E-state index in [1.807, 2.05) is 34.9 Å². The molecule has 0 unspecified atom stereocenters. The lowest BCUT2D eigenvalue weighted by Crippen LogP contribution is -2.16. The van der Waals surface area contributed by atoms with Crippen LogP contribution in [0.3, 0.4) is 0 Å². The standard InChI is InChI=1S/C21H19N3OS/c1-4-9-24-18-10-13(2)14(3)11-19(18)26-21(24)23-20(25)16-12-22-17-8-6-5-7-15(16)17/h4-8,10-12,22H,1,9H2,2-3H3. The third kappa shape index (κ3) is 2.70. The van der Waals surface area contributed by atoms with E-state index < -0.39 is 0 Å². The summed E-state index contributed by atoms with van der Waals surface area (Å²) in [5, 5.41) is 0.893. The zero-order valence-electron chi connectivity index (χ0n) is 14.7. The van der Waals surface area contributed by atoms with Crippen LogP contribution in [0.4, 0.5) is 0 Å². The number of hydrogen-bond donors (Lipinski definition) is 1. The van der Waals surface area contributed by atoms with Gasteiger partial charge in [-0.2, -0.15) is 4.99 Å². The number of thiazole rings is 1. The van der Waals surface area contributed by atoms with Crippen molar-refractivity contribution in [2.24, 2.45) is 4.99 Å². The average Bonchev–Trinajstić information content (AvgIpc) is 3.18. The minimum absolute atomic E-state index is 0.236. The number of aromatic amines is 1. The number of allylic oxidation sites excluding steroid dienone is 1. The van der Waals surface area contributed by atoms with Gasteiger partial charge in [0.05, 0.1) is 15.8 Å². The van der Waals surface area contributed by atoms with Gasteiger partial charge < -0.3 is 9.55 Å². The molecule has 1 amide bonds. The van der Waals surface area contributed by atoms with E-state index in [1.54, 1.807) is 6.20 Å². The molecule has 0 atom stereocenters. The number of rotatable bonds is 3. The van der Waals surface area contributed by atoms with E-state index >= 15 is 0 Å². The summed E-state index contributed by atoms with van der Waals surface area (Å²) in [6.45, 7) is 8.65. The van der Waals surface area contributed by atoms with Gasteiger partial charge in [-0.25, -0.2) is 0 Å². The summed E-state index contributed by atoms with van der Waals surface area (Å²) in [6, 6.07) is 12.1. The molecule has 4 nitrogen and oxygen atoms in total. The Kier molecular flexibility index (Phi) is 4.09. The number of aromatic nitrogens is 2. The van der Waals surface area contributed by atoms with Crippen LogP contribution >= 0.6 is 11.3 Å². The maximum absolute atomic E-state index is 12.8. The molecule has 1 N–H and O–H groups in total. The summed E-state index contributed by atoms with van der Waals surface area (Å²) < 4.78 is 3.17. The van der Waals surface area contributed by atoms with E-state index in [0.29, 0.717) is 16.9 Å². The van der Waals surface area contributed by atoms with Crippen molar-refractivity contribution in [2.75, 3.05) is 0 Å². The van der Waals surface area contributed by atoms with Crippen molar-refractivity contribution in [1.29, 1.82) is 0 Å². The number of carbonyl (C=O) groups excluding carboxylic acids is 1. The van der Waals surface area contributed by atoms with Gasteiger partial charge in [0.2, 0.25) is 0 Å². The van der Waals surface area contributed by atoms with Gasteiger partial charge in [-0.15, -0.1) is 6.58 Å². The molecule has 0 aliphatic rings. The lowest BCUT2D eigenvalue weighted by Gasteiger charge is -2.03. The van der Waals surface area contributed by atoms with Crippen LogP contribution in [0.5, 0.6) is 0 Å². The number of fused-ring (bicyclic) bond motifs is 2. The van der Waals surface area contributed by atoms with Crippen LogP contribution in [-0.4, -0.2) is 15.5 Å². The SMILES string of the molecule is C=CCn1c(=NC(=O)c2c[nH]c3ccccc23)sc2cc(C)c(C)cc21. The number of hydrogen-bond acceptors (Lipinski definition) is 2. The third-order valence-electron chi connectivity index (χ3n) is 4.63. The Morgan fingerprint density at radius 2 is 2.04 bits per heavy atom. The highest BCUT2D eigenvalue weighted by molar-refractivity contribution is 7.16. The summed E-state index contributed by atoms with van der Waals surface area (Å²) in [5.74, 6) is -0.236. The molecule has 0 spiro atoms. The molecular weight excluding hydrogens is 342 g/mol. The Morgan fingerprint density at radius 3 is 2.85 bits per heavy atom. The van der Waals surface area contributed by atoms with Crippen molar-refractivity contribution in [3.8, 4) is 0 Å². The molecule has 0 aliphatic carbocycles. The van der Waals surface area contributed by atoms with Crippen molar-refractivity contribution in [3.63, 3.8) is 0 Å². The molecule has 0 radical (unpaired) electrons. The van der Waals surface area contributed by atoms with Crippen LogP contribution < -0.4 is 4.80 Å². The number of nitrogens with one attached hydrogen (secondary N) is 1. The fraction of sp³-hybridized carbons (Fsp3) is 0.143. The first kappa shape index (κ1) is 16.5. The topological polar surface area (TPSA) is 50.1 Å². The van der Waals surface area contributed by atoms with Gasteiger partial charge in [0, 0.05) is 23.6 Å². The number of benzene rings is 2.